The van der Waals surface area contributed by atoms with E-state index >= 15 is 0 Å². The summed E-state index contributed by atoms with van der Waals surface area (Å²) in [6, 6.07) is 8.68. The van der Waals surface area contributed by atoms with Gasteiger partial charge in [0.1, 0.15) is 5.82 Å². The number of rotatable bonds is 5. The molecule has 1 aromatic carbocycles. The predicted molar refractivity (Wildman–Crippen MR) is 93.5 cm³/mol. The van der Waals surface area contributed by atoms with Crippen molar-refractivity contribution in [2.75, 3.05) is 13.7 Å². The third-order valence-corrected chi connectivity index (χ3v) is 5.38. The maximum Gasteiger partial charge on any atom is 0.222 e. The number of thiophene rings is 1. The Kier molecular flexibility index (Phi) is 5.63. The summed E-state index contributed by atoms with van der Waals surface area (Å²) in [6.07, 6.45) is 2.85. The molecular formula is C19H22FNO2S. The van der Waals surface area contributed by atoms with Crippen molar-refractivity contribution in [1.82, 2.24) is 4.90 Å². The standard InChI is InChI=1S/C19H22FNO2S/c1-21(19(22)7-2-14-9-11-24-13-14)17-8-10-23-18(12-17)15-3-5-16(20)6-4-15/h3-6,9,11,13,17-18H,2,7-8,10,12H2,1H3/t17-,18-/m1/s1. The molecule has 2 atom stereocenters. The Morgan fingerprint density at radius 3 is 2.83 bits per heavy atom. The van der Waals surface area contributed by atoms with Crippen molar-refractivity contribution in [3.63, 3.8) is 0 Å². The summed E-state index contributed by atoms with van der Waals surface area (Å²) in [4.78, 5) is 14.3. The maximum atomic E-state index is 13.1. The molecule has 2 aromatic rings. The van der Waals surface area contributed by atoms with Crippen molar-refractivity contribution >= 4 is 17.2 Å². The monoisotopic (exact) mass is 347 g/mol. The van der Waals surface area contributed by atoms with Gasteiger partial charge in [0.2, 0.25) is 5.91 Å². The van der Waals surface area contributed by atoms with Crippen LogP contribution in [0.4, 0.5) is 4.39 Å². The smallest absolute Gasteiger partial charge is 0.222 e. The van der Waals surface area contributed by atoms with Gasteiger partial charge in [-0.15, -0.1) is 0 Å². The molecule has 1 amide bonds. The zero-order valence-electron chi connectivity index (χ0n) is 13.8. The van der Waals surface area contributed by atoms with Crippen LogP contribution in [0.2, 0.25) is 0 Å². The Labute approximate surface area is 146 Å². The number of carbonyl (C=O) groups is 1. The first-order valence-corrected chi connectivity index (χ1v) is 9.21. The van der Waals surface area contributed by atoms with Gasteiger partial charge in [-0.3, -0.25) is 4.79 Å². The van der Waals surface area contributed by atoms with E-state index in [1.54, 1.807) is 23.5 Å². The molecule has 1 saturated heterocycles. The average Bonchev–Trinajstić information content (AvgIpc) is 3.13. The van der Waals surface area contributed by atoms with E-state index in [-0.39, 0.29) is 23.9 Å². The third-order valence-electron chi connectivity index (χ3n) is 4.65. The minimum Gasteiger partial charge on any atom is -0.373 e. The molecular weight excluding hydrogens is 325 g/mol. The Hall–Kier alpha value is -1.72. The van der Waals surface area contributed by atoms with Crippen molar-refractivity contribution in [3.8, 4) is 0 Å². The Morgan fingerprint density at radius 2 is 2.12 bits per heavy atom. The van der Waals surface area contributed by atoms with Gasteiger partial charge in [0.15, 0.2) is 0 Å². The normalized spacial score (nSPS) is 20.8. The SMILES string of the molecule is CN(C(=O)CCc1ccsc1)[C@@H]1CCO[C@@H](c2ccc(F)cc2)C1. The van der Waals surface area contributed by atoms with Gasteiger partial charge in [0.25, 0.3) is 0 Å². The number of aryl methyl sites for hydroxylation is 1. The third kappa shape index (κ3) is 4.22. The second-order valence-corrected chi connectivity index (χ2v) is 7.01. The highest BCUT2D eigenvalue weighted by Gasteiger charge is 2.28. The summed E-state index contributed by atoms with van der Waals surface area (Å²) < 4.78 is 18.9. The Balaban J connectivity index is 1.56. The zero-order valence-corrected chi connectivity index (χ0v) is 14.6. The largest absolute Gasteiger partial charge is 0.373 e. The van der Waals surface area contributed by atoms with E-state index in [0.29, 0.717) is 13.0 Å². The van der Waals surface area contributed by atoms with Gasteiger partial charge in [0.05, 0.1) is 6.10 Å². The van der Waals surface area contributed by atoms with E-state index in [0.717, 1.165) is 24.8 Å². The highest BCUT2D eigenvalue weighted by atomic mass is 32.1. The molecule has 5 heteroatoms. The van der Waals surface area contributed by atoms with Crippen LogP contribution < -0.4 is 0 Å². The number of nitrogens with zero attached hydrogens (tertiary/aromatic N) is 1. The first-order valence-electron chi connectivity index (χ1n) is 8.27. The lowest BCUT2D eigenvalue weighted by molar-refractivity contribution is -0.135. The van der Waals surface area contributed by atoms with Crippen LogP contribution >= 0.6 is 11.3 Å². The molecule has 0 radical (unpaired) electrons. The van der Waals surface area contributed by atoms with Gasteiger partial charge in [-0.2, -0.15) is 11.3 Å². The fourth-order valence-corrected chi connectivity index (χ4v) is 3.81. The second-order valence-electron chi connectivity index (χ2n) is 6.23. The summed E-state index contributed by atoms with van der Waals surface area (Å²) in [5.41, 5.74) is 2.19. The summed E-state index contributed by atoms with van der Waals surface area (Å²) in [7, 11) is 1.88. The van der Waals surface area contributed by atoms with Gasteiger partial charge in [-0.25, -0.2) is 4.39 Å². The molecule has 2 heterocycles. The molecule has 1 aliphatic rings. The fourth-order valence-electron chi connectivity index (χ4n) is 3.11. The van der Waals surface area contributed by atoms with E-state index in [2.05, 4.69) is 11.4 Å². The van der Waals surface area contributed by atoms with E-state index in [1.165, 1.54) is 17.7 Å². The number of carbonyl (C=O) groups excluding carboxylic acids is 1. The number of hydrogen-bond acceptors (Lipinski definition) is 3. The first kappa shape index (κ1) is 17.1. The van der Waals surface area contributed by atoms with Crippen LogP contribution in [0, 0.1) is 5.82 Å². The molecule has 1 aliphatic heterocycles. The summed E-state index contributed by atoms with van der Waals surface area (Å²) in [5, 5.41) is 4.13. The molecule has 0 N–H and O–H groups in total. The highest BCUT2D eigenvalue weighted by molar-refractivity contribution is 7.07. The summed E-state index contributed by atoms with van der Waals surface area (Å²) in [6.45, 7) is 0.620. The van der Waals surface area contributed by atoms with Crippen molar-refractivity contribution < 1.29 is 13.9 Å². The summed E-state index contributed by atoms with van der Waals surface area (Å²) in [5.74, 6) is -0.0715. The van der Waals surface area contributed by atoms with Crippen LogP contribution in [-0.4, -0.2) is 30.5 Å². The van der Waals surface area contributed by atoms with Gasteiger partial charge < -0.3 is 9.64 Å². The molecule has 0 saturated carbocycles. The minimum atomic E-state index is -0.244. The lowest BCUT2D eigenvalue weighted by atomic mass is 9.96. The molecule has 3 rings (SSSR count). The Bertz CT molecular complexity index is 657. The molecule has 1 fully saturated rings. The molecule has 1 aromatic heterocycles. The van der Waals surface area contributed by atoms with E-state index in [1.807, 2.05) is 17.3 Å². The quantitative estimate of drug-likeness (QED) is 0.811. The lowest BCUT2D eigenvalue weighted by Crippen LogP contribution is -2.41. The first-order chi connectivity index (χ1) is 11.6. The Morgan fingerprint density at radius 1 is 1.33 bits per heavy atom. The van der Waals surface area contributed by atoms with Gasteiger partial charge in [-0.1, -0.05) is 12.1 Å². The van der Waals surface area contributed by atoms with Crippen LogP contribution in [0.3, 0.4) is 0 Å². The van der Waals surface area contributed by atoms with Crippen LogP contribution in [0.25, 0.3) is 0 Å². The van der Waals surface area contributed by atoms with E-state index in [9.17, 15) is 9.18 Å². The number of benzene rings is 1. The second kappa shape index (κ2) is 7.90. The summed E-state index contributed by atoms with van der Waals surface area (Å²) >= 11 is 1.66. The van der Waals surface area contributed by atoms with Gasteiger partial charge >= 0.3 is 0 Å². The van der Waals surface area contributed by atoms with Gasteiger partial charge in [0, 0.05) is 26.1 Å². The van der Waals surface area contributed by atoms with Crippen molar-refractivity contribution in [2.45, 2.75) is 37.8 Å². The number of halogens is 1. The van der Waals surface area contributed by atoms with Crippen molar-refractivity contribution in [1.29, 1.82) is 0 Å². The molecule has 3 nitrogen and oxygen atoms in total. The molecule has 128 valence electrons. The fraction of sp³-hybridized carbons (Fsp3) is 0.421. The van der Waals surface area contributed by atoms with E-state index in [4.69, 9.17) is 4.74 Å². The topological polar surface area (TPSA) is 29.5 Å². The zero-order chi connectivity index (χ0) is 16.9. The van der Waals surface area contributed by atoms with Crippen molar-refractivity contribution in [3.05, 3.63) is 58.0 Å². The number of amides is 1. The molecule has 0 unspecified atom stereocenters. The predicted octanol–water partition coefficient (Wildman–Crippen LogP) is 4.20. The molecule has 0 aliphatic carbocycles. The van der Waals surface area contributed by atoms with Crippen LogP contribution in [0.5, 0.6) is 0 Å². The van der Waals surface area contributed by atoms with Crippen LogP contribution in [0.1, 0.15) is 36.5 Å². The highest BCUT2D eigenvalue weighted by Crippen LogP contribution is 2.30. The van der Waals surface area contributed by atoms with Gasteiger partial charge in [-0.05, 0) is 59.3 Å². The van der Waals surface area contributed by atoms with Crippen molar-refractivity contribution in [2.24, 2.45) is 0 Å². The molecule has 0 bridgehead atoms. The maximum absolute atomic E-state index is 13.1. The number of hydrogen-bond donors (Lipinski definition) is 0. The molecule has 0 spiro atoms. The number of ether oxygens (including phenoxy) is 1. The lowest BCUT2D eigenvalue weighted by Gasteiger charge is -2.35. The van der Waals surface area contributed by atoms with Crippen LogP contribution in [0.15, 0.2) is 41.1 Å². The van der Waals surface area contributed by atoms with Crippen LogP contribution in [-0.2, 0) is 16.0 Å². The molecule has 24 heavy (non-hydrogen) atoms. The average molecular weight is 347 g/mol. The van der Waals surface area contributed by atoms with E-state index < -0.39 is 0 Å². The minimum absolute atomic E-state index is 0.0727.